The smallest absolute Gasteiger partial charge is 0.140 e. The number of Topliss-reactive ketones (excluding diaryl/α,β-unsaturated/α-hetero) is 1. The Kier molecular flexibility index (Phi) is 1.68. The van der Waals surface area contributed by atoms with E-state index in [9.17, 15) is 9.18 Å². The molecular weight excluding hydrogens is 155 g/mol. The minimum Gasteiger partial charge on any atom is -0.299 e. The monoisotopic (exact) mass is 164 g/mol. The fourth-order valence-corrected chi connectivity index (χ4v) is 1.45. The number of hydrogen-bond donors (Lipinski definition) is 0. The molecule has 1 aliphatic rings. The van der Waals surface area contributed by atoms with Crippen LogP contribution >= 0.6 is 0 Å². The first kappa shape index (κ1) is 7.47. The molecule has 62 valence electrons. The van der Waals surface area contributed by atoms with Gasteiger partial charge in [-0.2, -0.15) is 0 Å². The lowest BCUT2D eigenvalue weighted by molar-refractivity contribution is -0.125. The predicted molar refractivity (Wildman–Crippen MR) is 43.4 cm³/mol. The SMILES string of the molecule is O=C1CC[C@@H]1c1ccc(F)cc1. The van der Waals surface area contributed by atoms with Crippen molar-refractivity contribution in [3.05, 3.63) is 35.6 Å². The van der Waals surface area contributed by atoms with E-state index in [0.717, 1.165) is 12.0 Å². The lowest BCUT2D eigenvalue weighted by atomic mass is 9.79. The van der Waals surface area contributed by atoms with Crippen LogP contribution in [0.2, 0.25) is 0 Å². The normalized spacial score (nSPS) is 22.1. The summed E-state index contributed by atoms with van der Waals surface area (Å²) in [4.78, 5) is 11.0. The predicted octanol–water partition coefficient (Wildman–Crippen LogP) is 2.27. The van der Waals surface area contributed by atoms with E-state index in [-0.39, 0.29) is 17.5 Å². The molecule has 1 aromatic rings. The van der Waals surface area contributed by atoms with E-state index in [4.69, 9.17) is 0 Å². The van der Waals surface area contributed by atoms with Gasteiger partial charge in [-0.3, -0.25) is 4.79 Å². The molecule has 0 amide bonds. The maximum atomic E-state index is 12.5. The van der Waals surface area contributed by atoms with Crippen molar-refractivity contribution in [1.82, 2.24) is 0 Å². The Morgan fingerprint density at radius 1 is 1.25 bits per heavy atom. The molecule has 1 aromatic carbocycles. The van der Waals surface area contributed by atoms with Crippen LogP contribution in [0.25, 0.3) is 0 Å². The summed E-state index contributed by atoms with van der Waals surface area (Å²) in [7, 11) is 0. The first-order chi connectivity index (χ1) is 5.77. The lowest BCUT2D eigenvalue weighted by Gasteiger charge is -2.23. The van der Waals surface area contributed by atoms with Crippen LogP contribution in [0, 0.1) is 5.82 Å². The quantitative estimate of drug-likeness (QED) is 0.622. The van der Waals surface area contributed by atoms with E-state index >= 15 is 0 Å². The Bertz CT molecular complexity index is 302. The summed E-state index contributed by atoms with van der Waals surface area (Å²) in [6.45, 7) is 0. The molecule has 0 spiro atoms. The highest BCUT2D eigenvalue weighted by atomic mass is 19.1. The summed E-state index contributed by atoms with van der Waals surface area (Å²) in [6.07, 6.45) is 1.60. The number of carbonyl (C=O) groups is 1. The van der Waals surface area contributed by atoms with Crippen LogP contribution in [0.1, 0.15) is 24.3 Å². The Labute approximate surface area is 70.2 Å². The Morgan fingerprint density at radius 2 is 1.92 bits per heavy atom. The summed E-state index contributed by atoms with van der Waals surface area (Å²) in [5, 5.41) is 0. The molecule has 0 saturated heterocycles. The van der Waals surface area contributed by atoms with Crippen molar-refractivity contribution in [2.45, 2.75) is 18.8 Å². The van der Waals surface area contributed by atoms with Gasteiger partial charge in [0.15, 0.2) is 0 Å². The van der Waals surface area contributed by atoms with E-state index in [1.807, 2.05) is 0 Å². The highest BCUT2D eigenvalue weighted by Crippen LogP contribution is 2.32. The molecule has 0 bridgehead atoms. The third-order valence-electron chi connectivity index (χ3n) is 2.34. The van der Waals surface area contributed by atoms with E-state index in [0.29, 0.717) is 6.42 Å². The van der Waals surface area contributed by atoms with Crippen LogP contribution in [0.15, 0.2) is 24.3 Å². The summed E-state index contributed by atoms with van der Waals surface area (Å²) in [5.41, 5.74) is 0.952. The average Bonchev–Trinajstić information content (AvgIpc) is 2.06. The molecule has 1 saturated carbocycles. The van der Waals surface area contributed by atoms with Gasteiger partial charge in [-0.05, 0) is 24.1 Å². The largest absolute Gasteiger partial charge is 0.299 e. The molecule has 1 nitrogen and oxygen atoms in total. The van der Waals surface area contributed by atoms with Crippen LogP contribution in [0.4, 0.5) is 4.39 Å². The fourth-order valence-electron chi connectivity index (χ4n) is 1.45. The van der Waals surface area contributed by atoms with Crippen molar-refractivity contribution in [1.29, 1.82) is 0 Å². The van der Waals surface area contributed by atoms with Crippen molar-refractivity contribution in [3.63, 3.8) is 0 Å². The molecule has 1 aliphatic carbocycles. The number of hydrogen-bond acceptors (Lipinski definition) is 1. The number of halogens is 1. The van der Waals surface area contributed by atoms with Gasteiger partial charge in [0.05, 0.1) is 0 Å². The highest BCUT2D eigenvalue weighted by molar-refractivity contribution is 5.91. The molecule has 0 heterocycles. The Hall–Kier alpha value is -1.18. The van der Waals surface area contributed by atoms with Gasteiger partial charge in [-0.25, -0.2) is 4.39 Å². The van der Waals surface area contributed by atoms with Crippen molar-refractivity contribution in [3.8, 4) is 0 Å². The highest BCUT2D eigenvalue weighted by Gasteiger charge is 2.29. The van der Waals surface area contributed by atoms with E-state index in [1.54, 1.807) is 12.1 Å². The first-order valence-electron chi connectivity index (χ1n) is 4.05. The number of rotatable bonds is 1. The van der Waals surface area contributed by atoms with Crippen LogP contribution in [-0.4, -0.2) is 5.78 Å². The summed E-state index contributed by atoms with van der Waals surface area (Å²) < 4.78 is 12.5. The molecule has 12 heavy (non-hydrogen) atoms. The minimum absolute atomic E-state index is 0.0469. The topological polar surface area (TPSA) is 17.1 Å². The number of carbonyl (C=O) groups excluding carboxylic acids is 1. The second-order valence-electron chi connectivity index (χ2n) is 3.11. The van der Waals surface area contributed by atoms with Crippen LogP contribution in [0.5, 0.6) is 0 Å². The van der Waals surface area contributed by atoms with E-state index in [2.05, 4.69) is 0 Å². The summed E-state index contributed by atoms with van der Waals surface area (Å²) >= 11 is 0. The van der Waals surface area contributed by atoms with Crippen molar-refractivity contribution < 1.29 is 9.18 Å². The first-order valence-corrected chi connectivity index (χ1v) is 4.05. The molecule has 2 rings (SSSR count). The maximum Gasteiger partial charge on any atom is 0.140 e. The van der Waals surface area contributed by atoms with Crippen LogP contribution in [0.3, 0.4) is 0 Å². The molecule has 0 unspecified atom stereocenters. The molecule has 0 aromatic heterocycles. The molecule has 1 atom stereocenters. The average molecular weight is 164 g/mol. The lowest BCUT2D eigenvalue weighted by Crippen LogP contribution is -2.22. The molecule has 0 aliphatic heterocycles. The van der Waals surface area contributed by atoms with Crippen molar-refractivity contribution >= 4 is 5.78 Å². The molecular formula is C10H9FO. The fraction of sp³-hybridized carbons (Fsp3) is 0.300. The van der Waals surface area contributed by atoms with Gasteiger partial charge < -0.3 is 0 Å². The third kappa shape index (κ3) is 1.13. The van der Waals surface area contributed by atoms with Gasteiger partial charge in [-0.15, -0.1) is 0 Å². The van der Waals surface area contributed by atoms with Gasteiger partial charge in [-0.1, -0.05) is 12.1 Å². The standard InChI is InChI=1S/C10H9FO/c11-8-3-1-7(2-4-8)9-5-6-10(9)12/h1-4,9H,5-6H2/t9-/m1/s1. The van der Waals surface area contributed by atoms with E-state index in [1.165, 1.54) is 12.1 Å². The Balaban J connectivity index is 2.23. The number of benzene rings is 1. The van der Waals surface area contributed by atoms with Crippen LogP contribution in [-0.2, 0) is 4.79 Å². The zero-order valence-electron chi connectivity index (χ0n) is 6.59. The second kappa shape index (κ2) is 2.70. The van der Waals surface area contributed by atoms with Gasteiger partial charge >= 0.3 is 0 Å². The van der Waals surface area contributed by atoms with Crippen molar-refractivity contribution in [2.75, 3.05) is 0 Å². The maximum absolute atomic E-state index is 12.5. The molecule has 0 N–H and O–H groups in total. The van der Waals surface area contributed by atoms with E-state index < -0.39 is 0 Å². The summed E-state index contributed by atoms with van der Waals surface area (Å²) in [5.74, 6) is 0.0812. The molecule has 1 fully saturated rings. The Morgan fingerprint density at radius 3 is 2.33 bits per heavy atom. The van der Waals surface area contributed by atoms with Gasteiger partial charge in [0.25, 0.3) is 0 Å². The zero-order chi connectivity index (χ0) is 8.55. The third-order valence-corrected chi connectivity index (χ3v) is 2.34. The molecule has 2 heteroatoms. The second-order valence-corrected chi connectivity index (χ2v) is 3.11. The summed E-state index contributed by atoms with van der Waals surface area (Å²) in [6, 6.07) is 6.19. The van der Waals surface area contributed by atoms with Gasteiger partial charge in [0.1, 0.15) is 11.6 Å². The zero-order valence-corrected chi connectivity index (χ0v) is 6.59. The van der Waals surface area contributed by atoms with Crippen molar-refractivity contribution in [2.24, 2.45) is 0 Å². The van der Waals surface area contributed by atoms with Crippen LogP contribution < -0.4 is 0 Å². The minimum atomic E-state index is -0.245. The van der Waals surface area contributed by atoms with Gasteiger partial charge in [0, 0.05) is 12.3 Å². The molecule has 0 radical (unpaired) electrons. The van der Waals surface area contributed by atoms with Gasteiger partial charge in [0.2, 0.25) is 0 Å². The number of ketones is 1.